The number of nitrogens with zero attached hydrogens (tertiary/aromatic N) is 2. The SMILES string of the molecule is Cc1ccc(S(=O)(=O)Oc2cccc3c(-c4ccc(C#N)cc4)ccnc23)cc1. The topological polar surface area (TPSA) is 80.0 Å². The highest BCUT2D eigenvalue weighted by Crippen LogP contribution is 2.33. The van der Waals surface area contributed by atoms with Gasteiger partial charge in [0.05, 0.1) is 11.6 Å². The molecule has 0 saturated carbocycles. The summed E-state index contributed by atoms with van der Waals surface area (Å²) >= 11 is 0. The van der Waals surface area contributed by atoms with Gasteiger partial charge in [-0.3, -0.25) is 4.98 Å². The summed E-state index contributed by atoms with van der Waals surface area (Å²) in [5.74, 6) is 0.165. The second kappa shape index (κ2) is 7.38. The maximum absolute atomic E-state index is 12.7. The lowest BCUT2D eigenvalue weighted by Gasteiger charge is -2.11. The van der Waals surface area contributed by atoms with Crippen molar-refractivity contribution < 1.29 is 12.6 Å². The Balaban J connectivity index is 1.79. The Bertz CT molecular complexity index is 1340. The van der Waals surface area contributed by atoms with Crippen LogP contribution < -0.4 is 4.18 Å². The van der Waals surface area contributed by atoms with Crippen molar-refractivity contribution in [2.24, 2.45) is 0 Å². The smallest absolute Gasteiger partial charge is 0.339 e. The number of hydrogen-bond donors (Lipinski definition) is 0. The molecule has 4 aromatic rings. The van der Waals surface area contributed by atoms with Crippen LogP contribution in [0.4, 0.5) is 0 Å². The summed E-state index contributed by atoms with van der Waals surface area (Å²) in [5, 5.41) is 9.75. The number of benzene rings is 3. The third kappa shape index (κ3) is 3.68. The van der Waals surface area contributed by atoms with E-state index in [9.17, 15) is 8.42 Å². The fraction of sp³-hybridized carbons (Fsp3) is 0.0435. The molecule has 0 bridgehead atoms. The summed E-state index contributed by atoms with van der Waals surface area (Å²) in [6.45, 7) is 1.89. The van der Waals surface area contributed by atoms with Gasteiger partial charge in [0.15, 0.2) is 5.75 Å². The lowest BCUT2D eigenvalue weighted by atomic mass is 10.0. The minimum Gasteiger partial charge on any atom is -0.377 e. The summed E-state index contributed by atoms with van der Waals surface area (Å²) in [4.78, 5) is 4.44. The van der Waals surface area contributed by atoms with Crippen LogP contribution in [0.15, 0.2) is 83.9 Å². The number of fused-ring (bicyclic) bond motifs is 1. The van der Waals surface area contributed by atoms with Crippen molar-refractivity contribution in [1.82, 2.24) is 4.98 Å². The number of pyridine rings is 1. The quantitative estimate of drug-likeness (QED) is 0.458. The first-order valence-corrected chi connectivity index (χ1v) is 10.3. The van der Waals surface area contributed by atoms with Gasteiger partial charge < -0.3 is 4.18 Å². The van der Waals surface area contributed by atoms with Crippen molar-refractivity contribution >= 4 is 21.0 Å². The Labute approximate surface area is 169 Å². The zero-order valence-corrected chi connectivity index (χ0v) is 16.3. The van der Waals surface area contributed by atoms with Gasteiger partial charge in [0, 0.05) is 11.6 Å². The van der Waals surface area contributed by atoms with Gasteiger partial charge >= 0.3 is 10.1 Å². The molecule has 4 rings (SSSR count). The molecule has 0 N–H and O–H groups in total. The van der Waals surface area contributed by atoms with E-state index in [1.807, 2.05) is 31.2 Å². The van der Waals surface area contributed by atoms with Crippen molar-refractivity contribution in [3.63, 3.8) is 0 Å². The summed E-state index contributed by atoms with van der Waals surface area (Å²) < 4.78 is 30.8. The third-order valence-corrected chi connectivity index (χ3v) is 5.82. The van der Waals surface area contributed by atoms with Crippen molar-refractivity contribution in [3.8, 4) is 22.9 Å². The fourth-order valence-electron chi connectivity index (χ4n) is 3.06. The van der Waals surface area contributed by atoms with E-state index in [-0.39, 0.29) is 10.6 Å². The van der Waals surface area contributed by atoms with Crippen molar-refractivity contribution in [2.75, 3.05) is 0 Å². The molecular weight excluding hydrogens is 384 g/mol. The summed E-state index contributed by atoms with van der Waals surface area (Å²) in [5.41, 5.74) is 3.75. The number of aromatic nitrogens is 1. The molecule has 0 aliphatic rings. The van der Waals surface area contributed by atoms with Crippen molar-refractivity contribution in [2.45, 2.75) is 11.8 Å². The first-order chi connectivity index (χ1) is 14.0. The number of rotatable bonds is 4. The Morgan fingerprint density at radius 1 is 0.931 bits per heavy atom. The van der Waals surface area contributed by atoms with Gasteiger partial charge in [-0.2, -0.15) is 13.7 Å². The number of para-hydroxylation sites is 1. The Kier molecular flexibility index (Phi) is 4.75. The molecule has 0 fully saturated rings. The summed E-state index contributed by atoms with van der Waals surface area (Å²) in [6.07, 6.45) is 1.61. The zero-order chi connectivity index (χ0) is 20.4. The monoisotopic (exact) mass is 400 g/mol. The molecule has 5 nitrogen and oxygen atoms in total. The molecule has 0 aliphatic carbocycles. The molecule has 0 atom stereocenters. The maximum atomic E-state index is 12.7. The molecule has 29 heavy (non-hydrogen) atoms. The first kappa shape index (κ1) is 18.7. The van der Waals surface area contributed by atoms with Crippen LogP contribution in [0.2, 0.25) is 0 Å². The van der Waals surface area contributed by atoms with Gasteiger partial charge in [-0.05, 0) is 54.4 Å². The van der Waals surface area contributed by atoms with E-state index in [4.69, 9.17) is 9.44 Å². The van der Waals surface area contributed by atoms with Gasteiger partial charge in [-0.25, -0.2) is 0 Å². The van der Waals surface area contributed by atoms with Gasteiger partial charge in [0.2, 0.25) is 0 Å². The van der Waals surface area contributed by atoms with Crippen molar-refractivity contribution in [1.29, 1.82) is 5.26 Å². The van der Waals surface area contributed by atoms with E-state index in [0.29, 0.717) is 11.1 Å². The van der Waals surface area contributed by atoms with Gasteiger partial charge in [0.1, 0.15) is 10.4 Å². The van der Waals surface area contributed by atoms with Crippen molar-refractivity contribution in [3.05, 3.63) is 90.1 Å². The number of nitriles is 1. The molecule has 3 aromatic carbocycles. The minimum absolute atomic E-state index is 0.0864. The molecule has 1 aromatic heterocycles. The number of hydrogen-bond acceptors (Lipinski definition) is 5. The average molecular weight is 400 g/mol. The molecular formula is C23H16N2O3S. The Hall–Kier alpha value is -3.69. The zero-order valence-electron chi connectivity index (χ0n) is 15.5. The second-order valence-electron chi connectivity index (χ2n) is 6.55. The molecule has 0 saturated heterocycles. The Morgan fingerprint density at radius 2 is 1.66 bits per heavy atom. The van der Waals surface area contributed by atoms with Crippen LogP contribution in [-0.2, 0) is 10.1 Å². The van der Waals surface area contributed by atoms with Crippen LogP contribution in [0.3, 0.4) is 0 Å². The van der Waals surface area contributed by atoms with E-state index < -0.39 is 10.1 Å². The second-order valence-corrected chi connectivity index (χ2v) is 8.10. The van der Waals surface area contributed by atoms with Gasteiger partial charge in [-0.15, -0.1) is 0 Å². The normalized spacial score (nSPS) is 11.2. The van der Waals surface area contributed by atoms with E-state index in [2.05, 4.69) is 11.1 Å². The molecule has 0 radical (unpaired) electrons. The van der Waals surface area contributed by atoms with Crippen LogP contribution in [0, 0.1) is 18.3 Å². The first-order valence-electron chi connectivity index (χ1n) is 8.87. The molecule has 6 heteroatoms. The predicted molar refractivity (Wildman–Crippen MR) is 111 cm³/mol. The molecule has 0 amide bonds. The van der Waals surface area contributed by atoms with Gasteiger partial charge in [-0.1, -0.05) is 42.0 Å². The van der Waals surface area contributed by atoms with Crippen LogP contribution >= 0.6 is 0 Å². The summed E-state index contributed by atoms with van der Waals surface area (Å²) in [7, 11) is -3.98. The Morgan fingerprint density at radius 3 is 2.34 bits per heavy atom. The predicted octanol–water partition coefficient (Wildman–Crippen LogP) is 4.85. The van der Waals surface area contributed by atoms with E-state index in [0.717, 1.165) is 22.1 Å². The maximum Gasteiger partial charge on any atom is 0.339 e. The number of aryl methyl sites for hydroxylation is 1. The van der Waals surface area contributed by atoms with Crippen LogP contribution in [0.25, 0.3) is 22.0 Å². The third-order valence-electron chi connectivity index (χ3n) is 4.57. The molecule has 0 aliphatic heterocycles. The van der Waals surface area contributed by atoms with Crippen LogP contribution in [0.5, 0.6) is 5.75 Å². The van der Waals surface area contributed by atoms with Gasteiger partial charge in [0.25, 0.3) is 0 Å². The van der Waals surface area contributed by atoms with E-state index in [1.54, 1.807) is 42.6 Å². The largest absolute Gasteiger partial charge is 0.377 e. The molecule has 0 spiro atoms. The lowest BCUT2D eigenvalue weighted by Crippen LogP contribution is -2.10. The highest BCUT2D eigenvalue weighted by atomic mass is 32.2. The molecule has 0 unspecified atom stereocenters. The molecule has 1 heterocycles. The van der Waals surface area contributed by atoms with Crippen LogP contribution in [0.1, 0.15) is 11.1 Å². The average Bonchev–Trinajstić information content (AvgIpc) is 2.74. The summed E-state index contributed by atoms with van der Waals surface area (Å²) in [6, 6.07) is 22.8. The lowest BCUT2D eigenvalue weighted by molar-refractivity contribution is 0.488. The highest BCUT2D eigenvalue weighted by Gasteiger charge is 2.19. The fourth-order valence-corrected chi connectivity index (χ4v) is 4.00. The minimum atomic E-state index is -3.98. The highest BCUT2D eigenvalue weighted by molar-refractivity contribution is 7.87. The molecule has 142 valence electrons. The standard InChI is InChI=1S/C23H16N2O3S/c1-16-5-11-19(12-6-16)29(26,27)28-22-4-2-3-21-20(13-14-25-23(21)22)18-9-7-17(15-24)8-10-18/h2-14H,1H3. The van der Waals surface area contributed by atoms with E-state index >= 15 is 0 Å². The van der Waals surface area contributed by atoms with E-state index in [1.165, 1.54) is 12.1 Å². The van der Waals surface area contributed by atoms with Crippen LogP contribution in [-0.4, -0.2) is 13.4 Å².